The van der Waals surface area contributed by atoms with Crippen molar-refractivity contribution in [1.29, 1.82) is 0 Å². The van der Waals surface area contributed by atoms with E-state index in [1.807, 2.05) is 12.3 Å². The molecule has 0 amide bonds. The average Bonchev–Trinajstić information content (AvgIpc) is 2.95. The Balaban J connectivity index is 1.79. The summed E-state index contributed by atoms with van der Waals surface area (Å²) in [5.41, 5.74) is 0.959. The van der Waals surface area contributed by atoms with Gasteiger partial charge in [-0.3, -0.25) is 9.69 Å². The monoisotopic (exact) mass is 313 g/mol. The SMILES string of the molecule is CCOC(=O)CCc1csc(N2CCN(CCO)CC2)n1. The highest BCUT2D eigenvalue weighted by Crippen LogP contribution is 2.22. The van der Waals surface area contributed by atoms with Gasteiger partial charge in [-0.05, 0) is 6.92 Å². The van der Waals surface area contributed by atoms with E-state index in [2.05, 4.69) is 14.8 Å². The number of ether oxygens (including phenoxy) is 1. The third-order valence-corrected chi connectivity index (χ3v) is 4.44. The molecule has 7 heteroatoms. The summed E-state index contributed by atoms with van der Waals surface area (Å²) in [5.74, 6) is -0.162. The molecule has 0 atom stereocenters. The Morgan fingerprint density at radius 3 is 2.86 bits per heavy atom. The van der Waals surface area contributed by atoms with Crippen LogP contribution in [0.3, 0.4) is 0 Å². The van der Waals surface area contributed by atoms with E-state index in [0.717, 1.165) is 43.5 Å². The fourth-order valence-corrected chi connectivity index (χ4v) is 3.24. The minimum absolute atomic E-state index is 0.162. The first-order valence-corrected chi connectivity index (χ1v) is 8.29. The fraction of sp³-hybridized carbons (Fsp3) is 0.714. The largest absolute Gasteiger partial charge is 0.466 e. The van der Waals surface area contributed by atoms with Crippen LogP contribution in [0.15, 0.2) is 5.38 Å². The molecule has 118 valence electrons. The Labute approximate surface area is 129 Å². The molecule has 21 heavy (non-hydrogen) atoms. The van der Waals surface area contributed by atoms with Crippen LogP contribution in [0.4, 0.5) is 5.13 Å². The Hall–Kier alpha value is -1.18. The van der Waals surface area contributed by atoms with E-state index in [1.54, 1.807) is 11.3 Å². The lowest BCUT2D eigenvalue weighted by Crippen LogP contribution is -2.47. The molecule has 1 saturated heterocycles. The first kappa shape index (κ1) is 16.2. The number of hydrogen-bond donors (Lipinski definition) is 1. The van der Waals surface area contributed by atoms with Crippen LogP contribution in [0.5, 0.6) is 0 Å². The van der Waals surface area contributed by atoms with Crippen molar-refractivity contribution in [1.82, 2.24) is 9.88 Å². The van der Waals surface area contributed by atoms with Crippen LogP contribution in [0, 0.1) is 0 Å². The van der Waals surface area contributed by atoms with E-state index in [9.17, 15) is 4.79 Å². The summed E-state index contributed by atoms with van der Waals surface area (Å²) >= 11 is 1.63. The number of aryl methyl sites for hydroxylation is 1. The molecule has 0 unspecified atom stereocenters. The van der Waals surface area contributed by atoms with Gasteiger partial charge < -0.3 is 14.7 Å². The minimum atomic E-state index is -0.162. The van der Waals surface area contributed by atoms with Crippen LogP contribution >= 0.6 is 11.3 Å². The third kappa shape index (κ3) is 4.94. The van der Waals surface area contributed by atoms with Gasteiger partial charge in [0.25, 0.3) is 0 Å². The maximum absolute atomic E-state index is 11.3. The van der Waals surface area contributed by atoms with Gasteiger partial charge in [0.05, 0.1) is 25.3 Å². The van der Waals surface area contributed by atoms with Crippen molar-refractivity contribution in [3.05, 3.63) is 11.1 Å². The summed E-state index contributed by atoms with van der Waals surface area (Å²) in [4.78, 5) is 20.5. The van der Waals surface area contributed by atoms with E-state index in [1.165, 1.54) is 0 Å². The molecule has 0 spiro atoms. The van der Waals surface area contributed by atoms with Crippen LogP contribution in [0.1, 0.15) is 19.0 Å². The predicted molar refractivity (Wildman–Crippen MR) is 82.8 cm³/mol. The standard InChI is InChI=1S/C14H23N3O3S/c1-2-20-13(19)4-3-12-11-21-14(15-12)17-7-5-16(6-8-17)9-10-18/h11,18H,2-10H2,1H3. The average molecular weight is 313 g/mol. The Kier molecular flexibility index (Phi) is 6.41. The number of carbonyl (C=O) groups excluding carboxylic acids is 1. The molecule has 6 nitrogen and oxygen atoms in total. The summed E-state index contributed by atoms with van der Waals surface area (Å²) in [6.07, 6.45) is 1.03. The van der Waals surface area contributed by atoms with Crippen molar-refractivity contribution in [3.8, 4) is 0 Å². The number of piperazine rings is 1. The number of aliphatic hydroxyl groups is 1. The quantitative estimate of drug-likeness (QED) is 0.750. The molecule has 1 aromatic heterocycles. The summed E-state index contributed by atoms with van der Waals surface area (Å²) in [5, 5.41) is 12.0. The van der Waals surface area contributed by atoms with E-state index >= 15 is 0 Å². The maximum atomic E-state index is 11.3. The van der Waals surface area contributed by atoms with Crippen molar-refractivity contribution in [3.63, 3.8) is 0 Å². The molecule has 1 N–H and O–H groups in total. The smallest absolute Gasteiger partial charge is 0.306 e. The number of β-amino-alcohol motifs (C(OH)–C–C–N with tert-alkyl or cyclic N) is 1. The van der Waals surface area contributed by atoms with Gasteiger partial charge in [0.15, 0.2) is 5.13 Å². The second-order valence-corrected chi connectivity index (χ2v) is 5.82. The van der Waals surface area contributed by atoms with Gasteiger partial charge in [0.2, 0.25) is 0 Å². The molecular weight excluding hydrogens is 290 g/mol. The topological polar surface area (TPSA) is 65.9 Å². The van der Waals surface area contributed by atoms with Crippen LogP contribution in [-0.2, 0) is 16.0 Å². The second-order valence-electron chi connectivity index (χ2n) is 4.98. The number of esters is 1. The van der Waals surface area contributed by atoms with Gasteiger partial charge in [-0.2, -0.15) is 0 Å². The fourth-order valence-electron chi connectivity index (χ4n) is 2.32. The zero-order valence-corrected chi connectivity index (χ0v) is 13.3. The van der Waals surface area contributed by atoms with Crippen LogP contribution in [0.25, 0.3) is 0 Å². The lowest BCUT2D eigenvalue weighted by Gasteiger charge is -2.34. The number of aliphatic hydroxyl groups excluding tert-OH is 1. The molecule has 0 aliphatic carbocycles. The molecule has 0 radical (unpaired) electrons. The molecule has 1 aromatic rings. The first-order valence-electron chi connectivity index (χ1n) is 7.41. The van der Waals surface area contributed by atoms with Crippen molar-refractivity contribution in [2.75, 3.05) is 50.8 Å². The molecule has 0 bridgehead atoms. The maximum Gasteiger partial charge on any atom is 0.306 e. The predicted octanol–water partition coefficient (Wildman–Crippen LogP) is 0.753. The van der Waals surface area contributed by atoms with Crippen LogP contribution in [0.2, 0.25) is 0 Å². The Bertz CT molecular complexity index is 444. The van der Waals surface area contributed by atoms with Gasteiger partial charge in [-0.1, -0.05) is 0 Å². The number of hydrogen-bond acceptors (Lipinski definition) is 7. The van der Waals surface area contributed by atoms with Gasteiger partial charge in [-0.15, -0.1) is 11.3 Å². The zero-order valence-electron chi connectivity index (χ0n) is 12.5. The molecule has 1 fully saturated rings. The van der Waals surface area contributed by atoms with Crippen LogP contribution < -0.4 is 4.90 Å². The summed E-state index contributed by atoms with van der Waals surface area (Å²) in [6.45, 7) is 6.99. The molecule has 1 aliphatic rings. The number of nitrogens with zero attached hydrogens (tertiary/aromatic N) is 3. The van der Waals surface area contributed by atoms with E-state index in [-0.39, 0.29) is 12.6 Å². The van der Waals surface area contributed by atoms with E-state index < -0.39 is 0 Å². The van der Waals surface area contributed by atoms with E-state index in [0.29, 0.717) is 19.4 Å². The summed E-state index contributed by atoms with van der Waals surface area (Å²) < 4.78 is 4.92. The Morgan fingerprint density at radius 2 is 2.19 bits per heavy atom. The molecule has 0 saturated carbocycles. The number of aromatic nitrogens is 1. The first-order chi connectivity index (χ1) is 10.2. The normalized spacial score (nSPS) is 16.2. The number of anilines is 1. The van der Waals surface area contributed by atoms with Crippen molar-refractivity contribution in [2.24, 2.45) is 0 Å². The second kappa shape index (κ2) is 8.31. The van der Waals surface area contributed by atoms with Crippen molar-refractivity contribution in [2.45, 2.75) is 19.8 Å². The molecule has 2 rings (SSSR count). The van der Waals surface area contributed by atoms with E-state index in [4.69, 9.17) is 9.84 Å². The molecular formula is C14H23N3O3S. The minimum Gasteiger partial charge on any atom is -0.466 e. The summed E-state index contributed by atoms with van der Waals surface area (Å²) in [6, 6.07) is 0. The van der Waals surface area contributed by atoms with Gasteiger partial charge in [0.1, 0.15) is 0 Å². The lowest BCUT2D eigenvalue weighted by atomic mass is 10.2. The van der Waals surface area contributed by atoms with Crippen LogP contribution in [-0.4, -0.2) is 66.9 Å². The summed E-state index contributed by atoms with van der Waals surface area (Å²) in [7, 11) is 0. The third-order valence-electron chi connectivity index (χ3n) is 3.49. The zero-order chi connectivity index (χ0) is 15.1. The highest BCUT2D eigenvalue weighted by molar-refractivity contribution is 7.13. The van der Waals surface area contributed by atoms with Gasteiger partial charge >= 0.3 is 5.97 Å². The Morgan fingerprint density at radius 1 is 1.43 bits per heavy atom. The molecule has 2 heterocycles. The van der Waals surface area contributed by atoms with Crippen molar-refractivity contribution >= 4 is 22.4 Å². The number of thiazole rings is 1. The van der Waals surface area contributed by atoms with Crippen molar-refractivity contribution < 1.29 is 14.6 Å². The molecule has 0 aromatic carbocycles. The highest BCUT2D eigenvalue weighted by atomic mass is 32.1. The van der Waals surface area contributed by atoms with Gasteiger partial charge in [0, 0.05) is 44.5 Å². The lowest BCUT2D eigenvalue weighted by molar-refractivity contribution is -0.143. The van der Waals surface area contributed by atoms with Gasteiger partial charge in [-0.25, -0.2) is 4.98 Å². The number of rotatable bonds is 7. The molecule has 1 aliphatic heterocycles. The number of carbonyl (C=O) groups is 1. The highest BCUT2D eigenvalue weighted by Gasteiger charge is 2.19.